The highest BCUT2D eigenvalue weighted by atomic mass is 127. The number of nitrogens with one attached hydrogen (secondary N) is 1. The number of guanidine groups is 1. The third kappa shape index (κ3) is 5.87. The molecule has 0 fully saturated rings. The first-order valence-electron chi connectivity index (χ1n) is 9.27. The Labute approximate surface area is 186 Å². The quantitative estimate of drug-likeness (QED) is 0.206. The minimum atomic E-state index is -0.380. The van der Waals surface area contributed by atoms with Crippen LogP contribution >= 0.6 is 35.3 Å². The van der Waals surface area contributed by atoms with Crippen LogP contribution in [-0.2, 0) is 25.9 Å². The molecule has 0 unspecified atom stereocenters. The van der Waals surface area contributed by atoms with Gasteiger partial charge in [-0.15, -0.1) is 35.3 Å². The number of fused-ring (bicyclic) bond motifs is 1. The van der Waals surface area contributed by atoms with Crippen LogP contribution in [0.5, 0.6) is 0 Å². The molecule has 1 aromatic heterocycles. The molecule has 0 spiro atoms. The molecule has 7 nitrogen and oxygen atoms in total. The first-order valence-corrected chi connectivity index (χ1v) is 10.1. The highest BCUT2D eigenvalue weighted by molar-refractivity contribution is 14.0. The van der Waals surface area contributed by atoms with Gasteiger partial charge in [-0.3, -0.25) is 10.1 Å². The van der Waals surface area contributed by atoms with E-state index in [1.54, 1.807) is 12.1 Å². The Morgan fingerprint density at radius 1 is 1.39 bits per heavy atom. The van der Waals surface area contributed by atoms with E-state index < -0.39 is 0 Å². The van der Waals surface area contributed by atoms with Crippen molar-refractivity contribution in [1.29, 1.82) is 0 Å². The lowest BCUT2D eigenvalue weighted by Gasteiger charge is -2.21. The van der Waals surface area contributed by atoms with E-state index in [0.29, 0.717) is 13.1 Å². The SMILES string of the molecule is CCNC(=NCc1cccc([N+](=O)[O-])c1)N(C)Cc1nc2c(s1)CCCC2.I. The monoisotopic (exact) mass is 515 g/mol. The Morgan fingerprint density at radius 3 is 2.89 bits per heavy atom. The fraction of sp³-hybridized carbons (Fsp3) is 0.474. The number of benzene rings is 1. The number of nitro benzene ring substituents is 1. The van der Waals surface area contributed by atoms with Crippen LogP contribution < -0.4 is 5.32 Å². The largest absolute Gasteiger partial charge is 0.357 e. The Morgan fingerprint density at radius 2 is 2.18 bits per heavy atom. The van der Waals surface area contributed by atoms with Crippen molar-refractivity contribution in [2.75, 3.05) is 13.6 Å². The first-order chi connectivity index (χ1) is 13.1. The summed E-state index contributed by atoms with van der Waals surface area (Å²) >= 11 is 1.81. The summed E-state index contributed by atoms with van der Waals surface area (Å²) in [4.78, 5) is 23.5. The van der Waals surface area contributed by atoms with Gasteiger partial charge in [0.1, 0.15) is 5.01 Å². The Bertz CT molecular complexity index is 816. The van der Waals surface area contributed by atoms with Gasteiger partial charge in [-0.1, -0.05) is 12.1 Å². The Kier molecular flexibility index (Phi) is 8.61. The summed E-state index contributed by atoms with van der Waals surface area (Å²) in [6.07, 6.45) is 4.74. The lowest BCUT2D eigenvalue weighted by Crippen LogP contribution is -2.38. The lowest BCUT2D eigenvalue weighted by molar-refractivity contribution is -0.384. The topological polar surface area (TPSA) is 83.7 Å². The minimum Gasteiger partial charge on any atom is -0.357 e. The molecular formula is C19H26IN5O2S. The number of thiazole rings is 1. The van der Waals surface area contributed by atoms with Gasteiger partial charge >= 0.3 is 0 Å². The van der Waals surface area contributed by atoms with Gasteiger partial charge in [-0.2, -0.15) is 0 Å². The molecule has 1 N–H and O–H groups in total. The standard InChI is InChI=1S/C19H25N5O2S.HI/c1-3-20-19(21-12-14-7-6-8-15(11-14)24(25)26)23(2)13-18-22-16-9-4-5-10-17(16)27-18;/h6-8,11H,3-5,9-10,12-13H2,1-2H3,(H,20,21);1H. The maximum absolute atomic E-state index is 10.9. The molecular weight excluding hydrogens is 489 g/mol. The molecule has 1 heterocycles. The van der Waals surface area contributed by atoms with E-state index in [4.69, 9.17) is 4.98 Å². The average molecular weight is 515 g/mol. The van der Waals surface area contributed by atoms with Crippen LogP contribution in [-0.4, -0.2) is 34.4 Å². The maximum Gasteiger partial charge on any atom is 0.269 e. The van der Waals surface area contributed by atoms with E-state index in [-0.39, 0.29) is 34.6 Å². The molecule has 2 aromatic rings. The van der Waals surface area contributed by atoms with E-state index >= 15 is 0 Å². The van der Waals surface area contributed by atoms with Crippen LogP contribution in [0, 0.1) is 10.1 Å². The van der Waals surface area contributed by atoms with Gasteiger partial charge in [0.2, 0.25) is 0 Å². The molecule has 0 bridgehead atoms. The van der Waals surface area contributed by atoms with Crippen LogP contribution in [0.3, 0.4) is 0 Å². The average Bonchev–Trinajstić information content (AvgIpc) is 3.07. The number of aryl methyl sites for hydroxylation is 2. The molecule has 0 aliphatic heterocycles. The first kappa shape index (κ1) is 22.5. The van der Waals surface area contributed by atoms with Crippen molar-refractivity contribution < 1.29 is 4.92 Å². The summed E-state index contributed by atoms with van der Waals surface area (Å²) in [5.41, 5.74) is 2.18. The molecule has 152 valence electrons. The number of hydrogen-bond donors (Lipinski definition) is 1. The van der Waals surface area contributed by atoms with Crippen LogP contribution in [0.2, 0.25) is 0 Å². The molecule has 3 rings (SSSR count). The zero-order chi connectivity index (χ0) is 19.2. The van der Waals surface area contributed by atoms with Gasteiger partial charge in [0.05, 0.1) is 23.7 Å². The summed E-state index contributed by atoms with van der Waals surface area (Å²) in [6, 6.07) is 6.62. The van der Waals surface area contributed by atoms with Crippen molar-refractivity contribution >= 4 is 47.0 Å². The third-order valence-electron chi connectivity index (χ3n) is 4.49. The summed E-state index contributed by atoms with van der Waals surface area (Å²) in [5, 5.41) is 15.3. The van der Waals surface area contributed by atoms with Crippen molar-refractivity contribution in [2.24, 2.45) is 4.99 Å². The number of halogens is 1. The fourth-order valence-corrected chi connectivity index (χ4v) is 4.37. The molecule has 0 atom stereocenters. The van der Waals surface area contributed by atoms with Gasteiger partial charge < -0.3 is 10.2 Å². The predicted molar refractivity (Wildman–Crippen MR) is 124 cm³/mol. The van der Waals surface area contributed by atoms with Gasteiger partial charge in [0, 0.05) is 30.6 Å². The zero-order valence-electron chi connectivity index (χ0n) is 16.2. The van der Waals surface area contributed by atoms with Gasteiger partial charge in [-0.05, 0) is 38.2 Å². The fourth-order valence-electron chi connectivity index (χ4n) is 3.16. The van der Waals surface area contributed by atoms with E-state index in [1.165, 1.54) is 29.5 Å². The van der Waals surface area contributed by atoms with Crippen LogP contribution in [0.15, 0.2) is 29.3 Å². The van der Waals surface area contributed by atoms with E-state index in [1.807, 2.05) is 31.4 Å². The number of non-ortho nitro benzene ring substituents is 1. The molecule has 9 heteroatoms. The summed E-state index contributed by atoms with van der Waals surface area (Å²) in [5.74, 6) is 0.775. The molecule has 1 aliphatic carbocycles. The van der Waals surface area contributed by atoms with Gasteiger partial charge in [0.15, 0.2) is 5.96 Å². The molecule has 1 aliphatic rings. The van der Waals surface area contributed by atoms with Crippen molar-refractivity contribution in [3.05, 3.63) is 55.5 Å². The second kappa shape index (κ2) is 10.7. The normalized spacial score (nSPS) is 13.4. The van der Waals surface area contributed by atoms with E-state index in [2.05, 4.69) is 15.2 Å². The second-order valence-electron chi connectivity index (χ2n) is 6.64. The molecule has 0 saturated heterocycles. The zero-order valence-corrected chi connectivity index (χ0v) is 19.3. The second-order valence-corrected chi connectivity index (χ2v) is 7.81. The van der Waals surface area contributed by atoms with Crippen LogP contribution in [0.1, 0.15) is 40.9 Å². The lowest BCUT2D eigenvalue weighted by atomic mass is 10.0. The number of nitrogens with zero attached hydrogens (tertiary/aromatic N) is 4. The molecule has 0 saturated carbocycles. The number of nitro groups is 1. The van der Waals surface area contributed by atoms with Crippen LogP contribution in [0.25, 0.3) is 0 Å². The molecule has 28 heavy (non-hydrogen) atoms. The molecule has 0 amide bonds. The van der Waals surface area contributed by atoms with Gasteiger partial charge in [0.25, 0.3) is 5.69 Å². The number of hydrogen-bond acceptors (Lipinski definition) is 5. The van der Waals surface area contributed by atoms with Crippen molar-refractivity contribution in [2.45, 2.75) is 45.7 Å². The molecule has 0 radical (unpaired) electrons. The van der Waals surface area contributed by atoms with Crippen LogP contribution in [0.4, 0.5) is 5.69 Å². The summed E-state index contributed by atoms with van der Waals surface area (Å²) in [7, 11) is 2.00. The third-order valence-corrected chi connectivity index (χ3v) is 5.63. The Hall–Kier alpha value is -1.75. The smallest absolute Gasteiger partial charge is 0.269 e. The highest BCUT2D eigenvalue weighted by Crippen LogP contribution is 2.27. The summed E-state index contributed by atoms with van der Waals surface area (Å²) < 4.78 is 0. The number of rotatable bonds is 6. The number of aromatic nitrogens is 1. The van der Waals surface area contributed by atoms with Crippen molar-refractivity contribution in [3.63, 3.8) is 0 Å². The highest BCUT2D eigenvalue weighted by Gasteiger charge is 2.17. The Balaban J connectivity index is 0.00000280. The van der Waals surface area contributed by atoms with Gasteiger partial charge in [-0.25, -0.2) is 9.98 Å². The molecule has 1 aromatic carbocycles. The number of aliphatic imine (C=N–C) groups is 1. The van der Waals surface area contributed by atoms with Crippen molar-refractivity contribution in [1.82, 2.24) is 15.2 Å². The minimum absolute atomic E-state index is 0. The predicted octanol–water partition coefficient (Wildman–Crippen LogP) is 4.15. The van der Waals surface area contributed by atoms with E-state index in [9.17, 15) is 10.1 Å². The van der Waals surface area contributed by atoms with Crippen molar-refractivity contribution in [3.8, 4) is 0 Å². The maximum atomic E-state index is 10.9. The van der Waals surface area contributed by atoms with E-state index in [0.717, 1.165) is 35.9 Å². The summed E-state index contributed by atoms with van der Waals surface area (Å²) in [6.45, 7) is 3.88.